The monoisotopic (exact) mass is 229 g/mol. The van der Waals surface area contributed by atoms with Crippen molar-refractivity contribution in [2.75, 3.05) is 6.54 Å². The highest BCUT2D eigenvalue weighted by atomic mass is 16.6. The fourth-order valence-electron chi connectivity index (χ4n) is 1.01. The Morgan fingerprint density at radius 2 is 1.81 bits per heavy atom. The molecule has 0 aromatic carbocycles. The molecule has 0 unspecified atom stereocenters. The molecule has 0 aliphatic carbocycles. The van der Waals surface area contributed by atoms with Crippen molar-refractivity contribution in [3.8, 4) is 0 Å². The number of carbonyl (C=O) groups is 1. The molecule has 0 saturated carbocycles. The number of allylic oxidation sites excluding steroid dienone is 1. The maximum absolute atomic E-state index is 11.3. The van der Waals surface area contributed by atoms with Crippen molar-refractivity contribution in [3.63, 3.8) is 0 Å². The zero-order valence-electron chi connectivity index (χ0n) is 10.5. The first kappa shape index (κ1) is 15.0. The number of carbonyl (C=O) groups excluding carboxylic acids is 1. The summed E-state index contributed by atoms with van der Waals surface area (Å²) < 4.78 is 5.01. The zero-order valence-corrected chi connectivity index (χ0v) is 10.5. The van der Waals surface area contributed by atoms with Crippen LogP contribution in [0.2, 0.25) is 0 Å². The van der Waals surface area contributed by atoms with Crippen molar-refractivity contribution in [2.24, 2.45) is 0 Å². The summed E-state index contributed by atoms with van der Waals surface area (Å²) in [6.07, 6.45) is -0.577. The van der Waals surface area contributed by atoms with E-state index in [4.69, 9.17) is 14.8 Å². The molecule has 0 aliphatic heterocycles. The minimum atomic E-state index is -1.56. The Morgan fingerprint density at radius 3 is 2.12 bits per heavy atom. The highest BCUT2D eigenvalue weighted by Gasteiger charge is 2.19. The smallest absolute Gasteiger partial charge is 0.444 e. The Morgan fingerprint density at radius 1 is 1.31 bits per heavy atom. The molecule has 0 rings (SSSR count). The quantitative estimate of drug-likeness (QED) is 0.627. The molecule has 0 radical (unpaired) electrons. The number of amides is 1. The molecule has 1 amide bonds. The Kier molecular flexibility index (Phi) is 5.54. The second kappa shape index (κ2) is 5.91. The summed E-state index contributed by atoms with van der Waals surface area (Å²) in [6, 6.07) is 0. The molecule has 0 bridgehead atoms. The van der Waals surface area contributed by atoms with Crippen LogP contribution in [0.5, 0.6) is 0 Å². The summed E-state index contributed by atoms with van der Waals surface area (Å²) >= 11 is 0. The van der Waals surface area contributed by atoms with Crippen LogP contribution in [0, 0.1) is 0 Å². The second-order valence-corrected chi connectivity index (χ2v) is 4.75. The fourth-order valence-corrected chi connectivity index (χ4v) is 1.01. The van der Waals surface area contributed by atoms with E-state index in [0.29, 0.717) is 5.47 Å². The maximum atomic E-state index is 11.3. The number of hydrogen-bond donors (Lipinski definition) is 3. The fraction of sp³-hybridized carbons (Fsp3) is 0.700. The zero-order chi connectivity index (χ0) is 12.9. The van der Waals surface area contributed by atoms with Crippen LogP contribution in [-0.4, -0.2) is 35.4 Å². The first-order valence-corrected chi connectivity index (χ1v) is 5.12. The molecule has 0 aromatic heterocycles. The Hall–Kier alpha value is -1.01. The van der Waals surface area contributed by atoms with Crippen LogP contribution in [0.15, 0.2) is 11.0 Å². The highest BCUT2D eigenvalue weighted by molar-refractivity contribution is 6.51. The molecule has 0 aromatic rings. The summed E-state index contributed by atoms with van der Waals surface area (Å²) in [5, 5.41) is 20.5. The predicted molar refractivity (Wildman–Crippen MR) is 62.8 cm³/mol. The molecule has 0 saturated heterocycles. The first-order chi connectivity index (χ1) is 7.13. The number of nitrogens with one attached hydrogen (secondary N) is 1. The molecular formula is C10H20BNO4. The molecular weight excluding hydrogens is 209 g/mol. The SMILES string of the molecule is CC(C)=C(CNC(=O)OC(C)(C)C)B(O)O. The van der Waals surface area contributed by atoms with E-state index in [-0.39, 0.29) is 6.54 Å². The molecule has 16 heavy (non-hydrogen) atoms. The van der Waals surface area contributed by atoms with E-state index in [1.165, 1.54) is 0 Å². The van der Waals surface area contributed by atoms with Gasteiger partial charge in [0.1, 0.15) is 5.60 Å². The average molecular weight is 229 g/mol. The lowest BCUT2D eigenvalue weighted by Gasteiger charge is -2.20. The third kappa shape index (κ3) is 6.47. The van der Waals surface area contributed by atoms with Crippen LogP contribution in [-0.2, 0) is 4.74 Å². The molecule has 5 nitrogen and oxygen atoms in total. The van der Waals surface area contributed by atoms with Crippen molar-refractivity contribution >= 4 is 13.2 Å². The van der Waals surface area contributed by atoms with Crippen LogP contribution in [0.3, 0.4) is 0 Å². The van der Waals surface area contributed by atoms with E-state index in [9.17, 15) is 4.79 Å². The van der Waals surface area contributed by atoms with E-state index in [2.05, 4.69) is 5.32 Å². The summed E-state index contributed by atoms with van der Waals surface area (Å²) in [4.78, 5) is 11.3. The van der Waals surface area contributed by atoms with Crippen molar-refractivity contribution < 1.29 is 19.6 Å². The molecule has 0 heterocycles. The van der Waals surface area contributed by atoms with E-state index >= 15 is 0 Å². The van der Waals surface area contributed by atoms with Gasteiger partial charge in [-0.15, -0.1) is 0 Å². The molecule has 0 spiro atoms. The molecule has 6 heteroatoms. The molecule has 3 N–H and O–H groups in total. The third-order valence-electron chi connectivity index (χ3n) is 1.78. The minimum absolute atomic E-state index is 0.0644. The standard InChI is InChI=1S/C10H20BNO4/c1-7(2)8(11(14)15)6-12-9(13)16-10(3,4)5/h14-15H,6H2,1-5H3,(H,12,13). The first-order valence-electron chi connectivity index (χ1n) is 5.12. The van der Waals surface area contributed by atoms with Crippen LogP contribution in [0.25, 0.3) is 0 Å². The predicted octanol–water partition coefficient (Wildman–Crippen LogP) is 0.859. The van der Waals surface area contributed by atoms with Gasteiger partial charge in [0.15, 0.2) is 0 Å². The average Bonchev–Trinajstić information content (AvgIpc) is 1.98. The van der Waals surface area contributed by atoms with Gasteiger partial charge in [-0.2, -0.15) is 0 Å². The van der Waals surface area contributed by atoms with E-state index in [1.54, 1.807) is 34.6 Å². The van der Waals surface area contributed by atoms with Gasteiger partial charge in [-0.05, 0) is 40.1 Å². The van der Waals surface area contributed by atoms with Crippen LogP contribution >= 0.6 is 0 Å². The van der Waals surface area contributed by atoms with Crippen molar-refractivity contribution in [3.05, 3.63) is 11.0 Å². The molecule has 0 atom stereocenters. The van der Waals surface area contributed by atoms with Crippen LogP contribution in [0.1, 0.15) is 34.6 Å². The number of alkyl carbamates (subject to hydrolysis) is 1. The summed E-state index contributed by atoms with van der Waals surface area (Å²) in [6.45, 7) is 8.83. The Labute approximate surface area is 96.6 Å². The van der Waals surface area contributed by atoms with E-state index in [1.807, 2.05) is 0 Å². The van der Waals surface area contributed by atoms with Gasteiger partial charge < -0.3 is 20.1 Å². The molecule has 0 fully saturated rings. The van der Waals surface area contributed by atoms with Gasteiger partial charge in [0, 0.05) is 6.54 Å². The van der Waals surface area contributed by atoms with Gasteiger partial charge in [-0.1, -0.05) is 5.57 Å². The minimum Gasteiger partial charge on any atom is -0.444 e. The second-order valence-electron chi connectivity index (χ2n) is 4.75. The number of ether oxygens (including phenoxy) is 1. The topological polar surface area (TPSA) is 78.8 Å². The summed E-state index contributed by atoms with van der Waals surface area (Å²) in [7, 11) is -1.56. The number of rotatable bonds is 3. The lowest BCUT2D eigenvalue weighted by molar-refractivity contribution is 0.0533. The Balaban J connectivity index is 4.25. The van der Waals surface area contributed by atoms with Gasteiger partial charge in [0.05, 0.1) is 0 Å². The van der Waals surface area contributed by atoms with E-state index < -0.39 is 18.8 Å². The summed E-state index contributed by atoms with van der Waals surface area (Å²) in [5.41, 5.74) is 0.560. The van der Waals surface area contributed by atoms with Crippen molar-refractivity contribution in [2.45, 2.75) is 40.2 Å². The maximum Gasteiger partial charge on any atom is 0.485 e. The van der Waals surface area contributed by atoms with Gasteiger partial charge >= 0.3 is 13.2 Å². The van der Waals surface area contributed by atoms with Crippen molar-refractivity contribution in [1.82, 2.24) is 5.32 Å². The normalized spacial score (nSPS) is 10.7. The largest absolute Gasteiger partial charge is 0.485 e. The van der Waals surface area contributed by atoms with Crippen LogP contribution < -0.4 is 5.32 Å². The van der Waals surface area contributed by atoms with Gasteiger partial charge in [-0.25, -0.2) is 4.79 Å². The number of hydrogen-bond acceptors (Lipinski definition) is 4. The lowest BCUT2D eigenvalue weighted by Crippen LogP contribution is -2.36. The van der Waals surface area contributed by atoms with E-state index in [0.717, 1.165) is 5.57 Å². The van der Waals surface area contributed by atoms with Gasteiger partial charge in [-0.3, -0.25) is 0 Å². The third-order valence-corrected chi connectivity index (χ3v) is 1.78. The summed E-state index contributed by atoms with van der Waals surface area (Å²) in [5.74, 6) is 0. The molecule has 0 aliphatic rings. The van der Waals surface area contributed by atoms with Crippen LogP contribution in [0.4, 0.5) is 4.79 Å². The highest BCUT2D eigenvalue weighted by Crippen LogP contribution is 2.07. The Bertz CT molecular complexity index is 277. The molecule has 92 valence electrons. The van der Waals surface area contributed by atoms with Gasteiger partial charge in [0.2, 0.25) is 0 Å². The lowest BCUT2D eigenvalue weighted by atomic mass is 9.76. The van der Waals surface area contributed by atoms with Gasteiger partial charge in [0.25, 0.3) is 0 Å². The van der Waals surface area contributed by atoms with Crippen molar-refractivity contribution in [1.29, 1.82) is 0 Å².